The van der Waals surface area contributed by atoms with Gasteiger partial charge in [0.1, 0.15) is 0 Å². The molecule has 3 aliphatic rings. The van der Waals surface area contributed by atoms with E-state index in [0.29, 0.717) is 28.2 Å². The van der Waals surface area contributed by atoms with E-state index >= 15 is 0 Å². The van der Waals surface area contributed by atoms with Gasteiger partial charge in [0.15, 0.2) is 16.6 Å². The number of benzene rings is 1. The number of thiocarbonyl (C=S) groups is 1. The van der Waals surface area contributed by atoms with Crippen molar-refractivity contribution in [3.63, 3.8) is 0 Å². The fraction of sp³-hybridized carbons (Fsp3) is 0.500. The summed E-state index contributed by atoms with van der Waals surface area (Å²) in [5.41, 5.74) is 5.89. The minimum Gasteiger partial charge on any atom is -0.454 e. The number of rotatable bonds is 2. The lowest BCUT2D eigenvalue weighted by molar-refractivity contribution is 0.0943. The van der Waals surface area contributed by atoms with Gasteiger partial charge in [-0.15, -0.1) is 0 Å². The molecule has 23 heavy (non-hydrogen) atoms. The zero-order chi connectivity index (χ0) is 15.8. The van der Waals surface area contributed by atoms with E-state index in [1.807, 2.05) is 0 Å². The highest BCUT2D eigenvalue weighted by Crippen LogP contribution is 2.44. The van der Waals surface area contributed by atoms with Crippen LogP contribution in [-0.4, -0.2) is 23.9 Å². The predicted octanol–water partition coefficient (Wildman–Crippen LogP) is 1.71. The predicted molar refractivity (Wildman–Crippen MR) is 88.1 cm³/mol. The van der Waals surface area contributed by atoms with Crippen molar-refractivity contribution in [2.45, 2.75) is 31.7 Å². The van der Waals surface area contributed by atoms with Crippen LogP contribution < -0.4 is 25.6 Å². The van der Waals surface area contributed by atoms with Crippen LogP contribution in [0.2, 0.25) is 0 Å². The third kappa shape index (κ3) is 2.93. The monoisotopic (exact) mass is 333 g/mol. The van der Waals surface area contributed by atoms with Gasteiger partial charge in [0.2, 0.25) is 6.79 Å². The Labute approximate surface area is 139 Å². The van der Waals surface area contributed by atoms with Gasteiger partial charge >= 0.3 is 0 Å². The van der Waals surface area contributed by atoms with E-state index in [4.69, 9.17) is 21.7 Å². The topological polar surface area (TPSA) is 71.6 Å². The molecule has 1 amide bonds. The molecule has 1 aliphatic heterocycles. The van der Waals surface area contributed by atoms with Crippen molar-refractivity contribution in [3.8, 4) is 11.5 Å². The van der Waals surface area contributed by atoms with E-state index < -0.39 is 0 Å². The highest BCUT2D eigenvalue weighted by molar-refractivity contribution is 7.80. The molecule has 1 aromatic carbocycles. The minimum absolute atomic E-state index is 0.191. The fourth-order valence-electron chi connectivity index (χ4n) is 3.85. The Bertz CT molecular complexity index is 651. The summed E-state index contributed by atoms with van der Waals surface area (Å²) >= 11 is 5.27. The summed E-state index contributed by atoms with van der Waals surface area (Å²) in [6.45, 7) is 0.191. The van der Waals surface area contributed by atoms with Gasteiger partial charge in [-0.2, -0.15) is 0 Å². The van der Waals surface area contributed by atoms with Crippen LogP contribution in [0.25, 0.3) is 0 Å². The molecule has 1 aromatic rings. The average Bonchev–Trinajstić information content (AvgIpc) is 3.27. The molecule has 0 unspecified atom stereocenters. The van der Waals surface area contributed by atoms with Crippen LogP contribution in [0.15, 0.2) is 18.2 Å². The second kappa shape index (κ2) is 5.88. The van der Waals surface area contributed by atoms with E-state index in [9.17, 15) is 4.79 Å². The lowest BCUT2D eigenvalue weighted by atomic mass is 9.96. The van der Waals surface area contributed by atoms with Crippen LogP contribution in [0.3, 0.4) is 0 Å². The number of fused-ring (bicyclic) bond motifs is 3. The molecular weight excluding hydrogens is 314 g/mol. The maximum absolute atomic E-state index is 12.2. The summed E-state index contributed by atoms with van der Waals surface area (Å²) in [4.78, 5) is 12.2. The van der Waals surface area contributed by atoms with Crippen LogP contribution in [-0.2, 0) is 0 Å². The summed E-state index contributed by atoms with van der Waals surface area (Å²) in [5.74, 6) is 2.55. The van der Waals surface area contributed by atoms with E-state index in [0.717, 1.165) is 11.8 Å². The first-order valence-electron chi connectivity index (χ1n) is 7.95. The first-order chi connectivity index (χ1) is 11.2. The number of hydrogen-bond acceptors (Lipinski definition) is 4. The molecule has 1 heterocycles. The van der Waals surface area contributed by atoms with Crippen LogP contribution in [0.1, 0.15) is 36.0 Å². The van der Waals surface area contributed by atoms with Gasteiger partial charge in [-0.1, -0.05) is 6.42 Å². The van der Waals surface area contributed by atoms with Gasteiger partial charge in [-0.25, -0.2) is 0 Å². The molecule has 122 valence electrons. The van der Waals surface area contributed by atoms with Crippen molar-refractivity contribution in [2.75, 3.05) is 6.79 Å². The highest BCUT2D eigenvalue weighted by atomic mass is 32.1. The fourth-order valence-corrected chi connectivity index (χ4v) is 4.05. The van der Waals surface area contributed by atoms with Crippen molar-refractivity contribution in [1.29, 1.82) is 0 Å². The standard InChI is InChI=1S/C16H19N3O3S/c20-15(11-3-4-13-14(7-11)22-8-21-13)18-19-16(23)17-12-6-9-1-2-10(12)5-9/h3-4,7,9-10,12H,1-2,5-6,8H2,(H,18,20)(H2,17,19,23)/t9-,10-,12+/m1/s1. The Morgan fingerprint density at radius 2 is 2.00 bits per heavy atom. The van der Waals surface area contributed by atoms with Crippen LogP contribution in [0, 0.1) is 11.8 Å². The Hall–Kier alpha value is -2.02. The number of ether oxygens (including phenoxy) is 2. The summed E-state index contributed by atoms with van der Waals surface area (Å²) in [6.07, 6.45) is 5.13. The van der Waals surface area contributed by atoms with E-state index in [2.05, 4.69) is 16.2 Å². The summed E-state index contributed by atoms with van der Waals surface area (Å²) in [6, 6.07) is 5.52. The molecule has 0 aromatic heterocycles. The molecule has 3 N–H and O–H groups in total. The second-order valence-electron chi connectivity index (χ2n) is 6.40. The molecule has 6 nitrogen and oxygen atoms in total. The third-order valence-corrected chi connectivity index (χ3v) is 5.20. The summed E-state index contributed by atoms with van der Waals surface area (Å²) < 4.78 is 10.5. The maximum atomic E-state index is 12.2. The normalized spacial score (nSPS) is 26.9. The molecule has 0 spiro atoms. The molecule has 4 rings (SSSR count). The van der Waals surface area contributed by atoms with Gasteiger partial charge in [0, 0.05) is 11.6 Å². The number of carbonyl (C=O) groups is 1. The molecule has 2 saturated carbocycles. The molecule has 2 aliphatic carbocycles. The quantitative estimate of drug-likeness (QED) is 0.565. The zero-order valence-electron chi connectivity index (χ0n) is 12.6. The number of hydrogen-bond donors (Lipinski definition) is 3. The number of amides is 1. The molecular formula is C16H19N3O3S. The Morgan fingerprint density at radius 3 is 2.78 bits per heavy atom. The average molecular weight is 333 g/mol. The smallest absolute Gasteiger partial charge is 0.269 e. The molecule has 7 heteroatoms. The van der Waals surface area contributed by atoms with Gasteiger partial charge in [0.25, 0.3) is 5.91 Å². The van der Waals surface area contributed by atoms with Crippen LogP contribution in [0.5, 0.6) is 11.5 Å². The van der Waals surface area contributed by atoms with E-state index in [1.54, 1.807) is 18.2 Å². The first kappa shape index (κ1) is 14.6. The van der Waals surface area contributed by atoms with Crippen molar-refractivity contribution < 1.29 is 14.3 Å². The molecule has 0 radical (unpaired) electrons. The van der Waals surface area contributed by atoms with Gasteiger partial charge in [-0.3, -0.25) is 15.6 Å². The van der Waals surface area contributed by atoms with Crippen LogP contribution in [0.4, 0.5) is 0 Å². The largest absolute Gasteiger partial charge is 0.454 e. The Balaban J connectivity index is 1.28. The zero-order valence-corrected chi connectivity index (χ0v) is 13.4. The van der Waals surface area contributed by atoms with Gasteiger partial charge in [0.05, 0.1) is 0 Å². The third-order valence-electron chi connectivity index (χ3n) is 4.98. The number of hydrazine groups is 1. The second-order valence-corrected chi connectivity index (χ2v) is 6.81. The summed E-state index contributed by atoms with van der Waals surface area (Å²) in [5, 5.41) is 3.79. The van der Waals surface area contributed by atoms with Crippen molar-refractivity contribution in [2.24, 2.45) is 11.8 Å². The van der Waals surface area contributed by atoms with Crippen molar-refractivity contribution in [1.82, 2.24) is 16.2 Å². The van der Waals surface area contributed by atoms with Gasteiger partial charge in [-0.05, 0) is 61.5 Å². The molecule has 0 saturated heterocycles. The van der Waals surface area contributed by atoms with Crippen LogP contribution >= 0.6 is 12.2 Å². The minimum atomic E-state index is -0.264. The maximum Gasteiger partial charge on any atom is 0.269 e. The van der Waals surface area contributed by atoms with Crippen molar-refractivity contribution in [3.05, 3.63) is 23.8 Å². The highest BCUT2D eigenvalue weighted by Gasteiger charge is 2.39. The molecule has 2 fully saturated rings. The first-order valence-corrected chi connectivity index (χ1v) is 8.36. The lowest BCUT2D eigenvalue weighted by Gasteiger charge is -2.24. The SMILES string of the molecule is O=C(NNC(=S)N[C@H]1C[C@@H]2CC[C@@H]1C2)c1ccc2c(c1)OCO2. The lowest BCUT2D eigenvalue weighted by Crippen LogP contribution is -2.50. The van der Waals surface area contributed by atoms with Crippen molar-refractivity contribution >= 4 is 23.2 Å². The van der Waals surface area contributed by atoms with E-state index in [1.165, 1.54) is 25.7 Å². The molecule has 3 atom stereocenters. The molecule has 2 bridgehead atoms. The number of carbonyl (C=O) groups excluding carboxylic acids is 1. The Kier molecular flexibility index (Phi) is 3.72. The van der Waals surface area contributed by atoms with E-state index in [-0.39, 0.29) is 12.7 Å². The number of nitrogens with one attached hydrogen (secondary N) is 3. The Morgan fingerprint density at radius 1 is 1.13 bits per heavy atom. The summed E-state index contributed by atoms with van der Waals surface area (Å²) in [7, 11) is 0. The van der Waals surface area contributed by atoms with Gasteiger partial charge < -0.3 is 14.8 Å².